The van der Waals surface area contributed by atoms with Gasteiger partial charge in [0.1, 0.15) is 5.75 Å². The number of methoxy groups -OCH3 is 1. The van der Waals surface area contributed by atoms with Gasteiger partial charge in [0, 0.05) is 33.1 Å². The lowest BCUT2D eigenvalue weighted by molar-refractivity contribution is 0.0656. The average molecular weight is 394 g/mol. The van der Waals surface area contributed by atoms with Crippen molar-refractivity contribution in [1.29, 1.82) is 0 Å². The van der Waals surface area contributed by atoms with Crippen LogP contribution in [-0.2, 0) is 10.0 Å². The van der Waals surface area contributed by atoms with Crippen LogP contribution in [0.4, 0.5) is 0 Å². The highest BCUT2D eigenvalue weighted by atomic mass is 32.2. The number of aryl methyl sites for hydroxylation is 3. The van der Waals surface area contributed by atoms with Gasteiger partial charge in [-0.15, -0.1) is 10.2 Å². The van der Waals surface area contributed by atoms with E-state index in [1.54, 1.807) is 40.0 Å². The van der Waals surface area contributed by atoms with Gasteiger partial charge in [0.15, 0.2) is 0 Å². The van der Waals surface area contributed by atoms with Gasteiger partial charge in [0.05, 0.1) is 12.0 Å². The molecule has 1 fully saturated rings. The summed E-state index contributed by atoms with van der Waals surface area (Å²) in [6.45, 7) is 6.07. The number of carbonyl (C=O) groups excluding carboxylic acids is 1. The van der Waals surface area contributed by atoms with Gasteiger partial charge in [-0.1, -0.05) is 0 Å². The maximum atomic E-state index is 13.1. The van der Waals surface area contributed by atoms with E-state index in [1.807, 2.05) is 0 Å². The summed E-state index contributed by atoms with van der Waals surface area (Å²) in [5.74, 6) is 0.496. The Morgan fingerprint density at radius 1 is 1.07 bits per heavy atom. The van der Waals surface area contributed by atoms with Crippen LogP contribution in [-0.4, -0.2) is 67.0 Å². The van der Waals surface area contributed by atoms with Gasteiger partial charge in [-0.2, -0.15) is 4.31 Å². The van der Waals surface area contributed by atoms with Gasteiger partial charge in [-0.05, 0) is 37.1 Å². The zero-order chi connectivity index (χ0) is 19.8. The van der Waals surface area contributed by atoms with Gasteiger partial charge >= 0.3 is 11.8 Å². The van der Waals surface area contributed by atoms with Crippen LogP contribution in [0.2, 0.25) is 0 Å². The highest BCUT2D eigenvalue weighted by Gasteiger charge is 2.33. The molecule has 1 amide bonds. The van der Waals surface area contributed by atoms with Crippen molar-refractivity contribution in [2.24, 2.45) is 0 Å². The van der Waals surface area contributed by atoms with E-state index in [9.17, 15) is 13.2 Å². The molecule has 0 saturated carbocycles. The van der Waals surface area contributed by atoms with Gasteiger partial charge in [0.2, 0.25) is 15.9 Å². The Labute approximate surface area is 158 Å². The molecule has 27 heavy (non-hydrogen) atoms. The van der Waals surface area contributed by atoms with E-state index in [2.05, 4.69) is 10.2 Å². The van der Waals surface area contributed by atoms with Gasteiger partial charge in [0.25, 0.3) is 0 Å². The highest BCUT2D eigenvalue weighted by molar-refractivity contribution is 7.89. The summed E-state index contributed by atoms with van der Waals surface area (Å²) in [5.41, 5.74) is 1.37. The van der Waals surface area contributed by atoms with Crippen molar-refractivity contribution in [2.75, 3.05) is 33.3 Å². The van der Waals surface area contributed by atoms with Crippen molar-refractivity contribution in [2.45, 2.75) is 25.7 Å². The number of piperazine rings is 1. The second-order valence-electron chi connectivity index (χ2n) is 6.41. The molecular formula is C17H22N4O5S. The Morgan fingerprint density at radius 2 is 1.74 bits per heavy atom. The number of rotatable bonds is 4. The van der Waals surface area contributed by atoms with Crippen LogP contribution in [0, 0.1) is 20.8 Å². The minimum absolute atomic E-state index is 0.0783. The number of ether oxygens (including phenoxy) is 1. The van der Waals surface area contributed by atoms with Crippen molar-refractivity contribution in [3.63, 3.8) is 0 Å². The first-order chi connectivity index (χ1) is 12.7. The maximum absolute atomic E-state index is 13.1. The third kappa shape index (κ3) is 3.67. The molecule has 1 aromatic carbocycles. The van der Waals surface area contributed by atoms with Crippen LogP contribution in [0.5, 0.6) is 5.75 Å². The third-order valence-corrected chi connectivity index (χ3v) is 6.59. The fraction of sp³-hybridized carbons (Fsp3) is 0.471. The highest BCUT2D eigenvalue weighted by Crippen LogP contribution is 2.28. The molecule has 9 nitrogen and oxygen atoms in total. The third-order valence-electron chi connectivity index (χ3n) is 4.55. The lowest BCUT2D eigenvalue weighted by Crippen LogP contribution is -2.50. The molecule has 0 radical (unpaired) electrons. The predicted molar refractivity (Wildman–Crippen MR) is 96.2 cm³/mol. The maximum Gasteiger partial charge on any atom is 0.311 e. The Hall–Kier alpha value is -2.46. The molecule has 0 N–H and O–H groups in total. The quantitative estimate of drug-likeness (QED) is 0.766. The van der Waals surface area contributed by atoms with E-state index in [0.29, 0.717) is 17.2 Å². The number of hydrogen-bond acceptors (Lipinski definition) is 7. The molecule has 10 heteroatoms. The van der Waals surface area contributed by atoms with E-state index in [4.69, 9.17) is 9.15 Å². The predicted octanol–water partition coefficient (Wildman–Crippen LogP) is 1.15. The van der Waals surface area contributed by atoms with Crippen molar-refractivity contribution < 1.29 is 22.4 Å². The molecule has 2 heterocycles. The molecule has 1 aliphatic rings. The smallest absolute Gasteiger partial charge is 0.311 e. The first-order valence-electron chi connectivity index (χ1n) is 8.49. The molecular weight excluding hydrogens is 372 g/mol. The minimum Gasteiger partial charge on any atom is -0.496 e. The molecule has 0 aliphatic carbocycles. The van der Waals surface area contributed by atoms with Crippen LogP contribution in [0.1, 0.15) is 27.7 Å². The molecule has 146 valence electrons. The molecule has 1 aromatic heterocycles. The van der Waals surface area contributed by atoms with Crippen molar-refractivity contribution >= 4 is 15.9 Å². The fourth-order valence-corrected chi connectivity index (χ4v) is 4.76. The summed E-state index contributed by atoms with van der Waals surface area (Å²) in [7, 11) is -2.11. The summed E-state index contributed by atoms with van der Waals surface area (Å²) < 4.78 is 37.9. The van der Waals surface area contributed by atoms with Gasteiger partial charge < -0.3 is 14.1 Å². The SMILES string of the molecule is COc1cc(C)c(S(=O)(=O)N2CCN(C(=O)c3nnc(C)o3)CC2)cc1C. The van der Waals surface area contributed by atoms with Crippen molar-refractivity contribution in [3.05, 3.63) is 35.0 Å². The van der Waals surface area contributed by atoms with Gasteiger partial charge in [-0.25, -0.2) is 8.42 Å². The monoisotopic (exact) mass is 394 g/mol. The molecule has 0 unspecified atom stereocenters. The minimum atomic E-state index is -3.66. The zero-order valence-electron chi connectivity index (χ0n) is 15.7. The van der Waals surface area contributed by atoms with E-state index >= 15 is 0 Å². The number of carbonyl (C=O) groups is 1. The largest absolute Gasteiger partial charge is 0.496 e. The molecule has 0 atom stereocenters. The summed E-state index contributed by atoms with van der Waals surface area (Å²) in [6.07, 6.45) is 0. The Morgan fingerprint density at radius 3 is 2.30 bits per heavy atom. The number of amides is 1. The Balaban J connectivity index is 1.75. The van der Waals surface area contributed by atoms with Crippen LogP contribution in [0.3, 0.4) is 0 Å². The summed E-state index contributed by atoms with van der Waals surface area (Å²) in [5, 5.41) is 7.37. The first-order valence-corrected chi connectivity index (χ1v) is 9.93. The molecule has 0 bridgehead atoms. The van der Waals surface area contributed by atoms with E-state index in [1.165, 1.54) is 9.21 Å². The van der Waals surface area contributed by atoms with Crippen molar-refractivity contribution in [3.8, 4) is 5.75 Å². The van der Waals surface area contributed by atoms with Crippen LogP contribution >= 0.6 is 0 Å². The van der Waals surface area contributed by atoms with Crippen LogP contribution < -0.4 is 4.74 Å². The fourth-order valence-electron chi connectivity index (χ4n) is 3.05. The van der Waals surface area contributed by atoms with E-state index in [0.717, 1.165) is 5.56 Å². The number of sulfonamides is 1. The summed E-state index contributed by atoms with van der Waals surface area (Å²) in [6, 6.07) is 3.35. The first kappa shape index (κ1) is 19.3. The summed E-state index contributed by atoms with van der Waals surface area (Å²) >= 11 is 0. The van der Waals surface area contributed by atoms with Crippen LogP contribution in [0.15, 0.2) is 21.4 Å². The van der Waals surface area contributed by atoms with E-state index in [-0.39, 0.29) is 42.9 Å². The Bertz CT molecular complexity index is 962. The number of benzene rings is 1. The lowest BCUT2D eigenvalue weighted by atomic mass is 10.1. The zero-order valence-corrected chi connectivity index (χ0v) is 16.5. The van der Waals surface area contributed by atoms with Crippen LogP contribution in [0.25, 0.3) is 0 Å². The van der Waals surface area contributed by atoms with E-state index < -0.39 is 10.0 Å². The molecule has 2 aromatic rings. The second-order valence-corrected chi connectivity index (χ2v) is 8.32. The summed E-state index contributed by atoms with van der Waals surface area (Å²) in [4.78, 5) is 14.1. The van der Waals surface area contributed by atoms with Gasteiger partial charge in [-0.3, -0.25) is 4.79 Å². The number of nitrogens with zero attached hydrogens (tertiary/aromatic N) is 4. The average Bonchev–Trinajstić information content (AvgIpc) is 3.09. The number of hydrogen-bond donors (Lipinski definition) is 0. The molecule has 3 rings (SSSR count). The molecule has 1 aliphatic heterocycles. The standard InChI is InChI=1S/C17H22N4O5S/c1-11-10-15(12(2)9-14(11)25-4)27(23,24)21-7-5-20(6-8-21)17(22)16-19-18-13(3)26-16/h9-10H,5-8H2,1-4H3. The lowest BCUT2D eigenvalue weighted by Gasteiger charge is -2.33. The Kier molecular flexibility index (Phi) is 5.20. The second kappa shape index (κ2) is 7.28. The molecule has 1 saturated heterocycles. The topological polar surface area (TPSA) is 106 Å². The normalized spacial score (nSPS) is 15.8. The number of aromatic nitrogens is 2. The van der Waals surface area contributed by atoms with Crippen molar-refractivity contribution in [1.82, 2.24) is 19.4 Å². The molecule has 0 spiro atoms.